The minimum absolute atomic E-state index is 0.287. The maximum atomic E-state index is 12.4. The van der Waals surface area contributed by atoms with E-state index in [1.807, 2.05) is 35.9 Å². The van der Waals surface area contributed by atoms with Crippen LogP contribution in [0.15, 0.2) is 30.3 Å². The molecule has 26 heavy (non-hydrogen) atoms. The van der Waals surface area contributed by atoms with Crippen molar-refractivity contribution in [2.75, 3.05) is 6.61 Å². The summed E-state index contributed by atoms with van der Waals surface area (Å²) in [6, 6.07) is 9.34. The molecule has 0 N–H and O–H groups in total. The van der Waals surface area contributed by atoms with Crippen LogP contribution >= 0.6 is 22.9 Å². The SMILES string of the molecule is Cc1nn(Cc2ccccc2Cl)c2sc(C(=O)O[C@H]3CCOC3=O)cc12. The first kappa shape index (κ1) is 17.1. The van der Waals surface area contributed by atoms with Crippen LogP contribution in [0.25, 0.3) is 10.2 Å². The smallest absolute Gasteiger partial charge is 0.349 e. The molecule has 0 spiro atoms. The summed E-state index contributed by atoms with van der Waals surface area (Å²) < 4.78 is 11.9. The molecule has 1 aromatic carbocycles. The topological polar surface area (TPSA) is 70.4 Å². The molecule has 134 valence electrons. The van der Waals surface area contributed by atoms with E-state index in [9.17, 15) is 9.59 Å². The van der Waals surface area contributed by atoms with E-state index in [0.29, 0.717) is 22.9 Å². The first-order valence-electron chi connectivity index (χ1n) is 8.11. The van der Waals surface area contributed by atoms with Crippen LogP contribution in [0.5, 0.6) is 0 Å². The fourth-order valence-electron chi connectivity index (χ4n) is 2.88. The quantitative estimate of drug-likeness (QED) is 0.637. The summed E-state index contributed by atoms with van der Waals surface area (Å²) in [6.45, 7) is 2.69. The normalized spacial score (nSPS) is 16.8. The summed E-state index contributed by atoms with van der Waals surface area (Å²) in [6.07, 6.45) is -0.414. The molecule has 1 fully saturated rings. The molecule has 0 unspecified atom stereocenters. The van der Waals surface area contributed by atoms with Crippen LogP contribution in [-0.4, -0.2) is 34.4 Å². The number of aromatic nitrogens is 2. The Hall–Kier alpha value is -2.38. The standard InChI is InChI=1S/C18H15ClN2O4S/c1-10-12-8-15(18(23)25-14-6-7-24-17(14)22)26-16(12)21(20-10)9-11-4-2-3-5-13(11)19/h2-5,8,14H,6-7,9H2,1H3/t14-/m0/s1. The maximum absolute atomic E-state index is 12.4. The minimum atomic E-state index is -0.812. The van der Waals surface area contributed by atoms with Crippen molar-refractivity contribution in [2.45, 2.75) is 26.0 Å². The van der Waals surface area contributed by atoms with E-state index in [-0.39, 0.29) is 6.61 Å². The third-order valence-electron chi connectivity index (χ3n) is 4.22. The molecule has 0 bridgehead atoms. The number of thiophene rings is 1. The predicted octanol–water partition coefficient (Wildman–Crippen LogP) is 3.58. The number of hydrogen-bond acceptors (Lipinski definition) is 6. The van der Waals surface area contributed by atoms with E-state index in [0.717, 1.165) is 21.5 Å². The zero-order valence-corrected chi connectivity index (χ0v) is 15.5. The van der Waals surface area contributed by atoms with E-state index in [4.69, 9.17) is 21.1 Å². The highest BCUT2D eigenvalue weighted by molar-refractivity contribution is 7.20. The third kappa shape index (κ3) is 3.08. The first-order chi connectivity index (χ1) is 12.5. The van der Waals surface area contributed by atoms with Gasteiger partial charge in [-0.1, -0.05) is 29.8 Å². The van der Waals surface area contributed by atoms with Gasteiger partial charge in [0.2, 0.25) is 6.10 Å². The second-order valence-corrected chi connectivity index (χ2v) is 7.45. The molecule has 4 rings (SSSR count). The van der Waals surface area contributed by atoms with Crippen LogP contribution in [0.2, 0.25) is 5.02 Å². The highest BCUT2D eigenvalue weighted by atomic mass is 35.5. The molecule has 3 aromatic rings. The lowest BCUT2D eigenvalue weighted by Crippen LogP contribution is -2.22. The number of fused-ring (bicyclic) bond motifs is 1. The summed E-state index contributed by atoms with van der Waals surface area (Å²) in [5.74, 6) is -1.00. The van der Waals surface area contributed by atoms with Crippen molar-refractivity contribution in [3.63, 3.8) is 0 Å². The van der Waals surface area contributed by atoms with Crippen LogP contribution in [0.4, 0.5) is 0 Å². The Labute approximate surface area is 158 Å². The third-order valence-corrected chi connectivity index (χ3v) is 5.72. The number of halogens is 1. The van der Waals surface area contributed by atoms with Crippen molar-refractivity contribution in [1.82, 2.24) is 9.78 Å². The fraction of sp³-hybridized carbons (Fsp3) is 0.278. The van der Waals surface area contributed by atoms with E-state index in [2.05, 4.69) is 5.10 Å². The number of carbonyl (C=O) groups excluding carboxylic acids is 2. The number of rotatable bonds is 4. The van der Waals surface area contributed by atoms with Crippen molar-refractivity contribution < 1.29 is 19.1 Å². The van der Waals surface area contributed by atoms with Gasteiger partial charge in [-0.2, -0.15) is 5.10 Å². The summed E-state index contributed by atoms with van der Waals surface area (Å²) in [5, 5.41) is 6.11. The summed E-state index contributed by atoms with van der Waals surface area (Å²) in [7, 11) is 0. The Morgan fingerprint density at radius 3 is 3.00 bits per heavy atom. The van der Waals surface area contributed by atoms with Gasteiger partial charge in [0.05, 0.1) is 18.8 Å². The van der Waals surface area contributed by atoms with Gasteiger partial charge in [-0.3, -0.25) is 4.68 Å². The van der Waals surface area contributed by atoms with Crippen molar-refractivity contribution in [1.29, 1.82) is 0 Å². The van der Waals surface area contributed by atoms with Crippen molar-refractivity contribution in [3.8, 4) is 0 Å². The molecular formula is C18H15ClN2O4S. The molecule has 1 aliphatic heterocycles. The second-order valence-electron chi connectivity index (χ2n) is 6.01. The monoisotopic (exact) mass is 390 g/mol. The van der Waals surface area contributed by atoms with Crippen molar-refractivity contribution >= 4 is 45.1 Å². The Balaban J connectivity index is 1.62. The Morgan fingerprint density at radius 1 is 1.46 bits per heavy atom. The number of nitrogens with zero attached hydrogens (tertiary/aromatic N) is 2. The first-order valence-corrected chi connectivity index (χ1v) is 9.30. The molecule has 6 nitrogen and oxygen atoms in total. The maximum Gasteiger partial charge on any atom is 0.349 e. The molecule has 0 radical (unpaired) electrons. The van der Waals surface area contributed by atoms with Gasteiger partial charge in [-0.05, 0) is 24.6 Å². The van der Waals surface area contributed by atoms with Crippen LogP contribution in [0.3, 0.4) is 0 Å². The lowest BCUT2D eigenvalue weighted by molar-refractivity contribution is -0.145. The summed E-state index contributed by atoms with van der Waals surface area (Å²) in [4.78, 5) is 25.2. The van der Waals surface area contributed by atoms with Gasteiger partial charge in [0.1, 0.15) is 9.71 Å². The molecule has 3 heterocycles. The molecule has 0 saturated carbocycles. The zero-order valence-electron chi connectivity index (χ0n) is 13.9. The highest BCUT2D eigenvalue weighted by Crippen LogP contribution is 2.30. The van der Waals surface area contributed by atoms with Gasteiger partial charge in [-0.15, -0.1) is 11.3 Å². The zero-order chi connectivity index (χ0) is 18.3. The second kappa shape index (κ2) is 6.74. The number of cyclic esters (lactones) is 1. The number of benzene rings is 1. The highest BCUT2D eigenvalue weighted by Gasteiger charge is 2.31. The molecule has 1 atom stereocenters. The molecule has 1 aliphatic rings. The molecule has 0 aliphatic carbocycles. The van der Waals surface area contributed by atoms with Gasteiger partial charge >= 0.3 is 11.9 Å². The molecule has 8 heteroatoms. The van der Waals surface area contributed by atoms with Crippen LogP contribution in [0.1, 0.15) is 27.3 Å². The lowest BCUT2D eigenvalue weighted by Gasteiger charge is -2.07. The largest absolute Gasteiger partial charge is 0.463 e. The van der Waals surface area contributed by atoms with Crippen molar-refractivity contribution in [3.05, 3.63) is 51.5 Å². The van der Waals surface area contributed by atoms with Crippen LogP contribution < -0.4 is 0 Å². The average molecular weight is 391 g/mol. The van der Waals surface area contributed by atoms with Crippen LogP contribution in [-0.2, 0) is 20.8 Å². The summed E-state index contributed by atoms with van der Waals surface area (Å²) in [5.41, 5.74) is 1.77. The van der Waals surface area contributed by atoms with Gasteiger partial charge < -0.3 is 9.47 Å². The fourth-order valence-corrected chi connectivity index (χ4v) is 4.12. The van der Waals surface area contributed by atoms with Crippen LogP contribution in [0, 0.1) is 6.92 Å². The Kier molecular flexibility index (Phi) is 4.42. The van der Waals surface area contributed by atoms with E-state index >= 15 is 0 Å². The average Bonchev–Trinajstić information content (AvgIpc) is 3.29. The number of esters is 2. The lowest BCUT2D eigenvalue weighted by atomic mass is 10.2. The Morgan fingerprint density at radius 2 is 2.27 bits per heavy atom. The van der Waals surface area contributed by atoms with Crippen molar-refractivity contribution in [2.24, 2.45) is 0 Å². The Bertz CT molecular complexity index is 1010. The van der Waals surface area contributed by atoms with E-state index in [1.54, 1.807) is 6.07 Å². The molecule has 2 aromatic heterocycles. The molecule has 0 amide bonds. The molecule has 1 saturated heterocycles. The van der Waals surface area contributed by atoms with E-state index < -0.39 is 18.0 Å². The number of aryl methyl sites for hydroxylation is 1. The van der Waals surface area contributed by atoms with Gasteiger partial charge in [0.25, 0.3) is 0 Å². The van der Waals surface area contributed by atoms with Gasteiger partial charge in [-0.25, -0.2) is 9.59 Å². The minimum Gasteiger partial charge on any atom is -0.463 e. The summed E-state index contributed by atoms with van der Waals surface area (Å²) >= 11 is 7.53. The van der Waals surface area contributed by atoms with Gasteiger partial charge in [0, 0.05) is 16.8 Å². The number of carbonyl (C=O) groups is 2. The predicted molar refractivity (Wildman–Crippen MR) is 97.7 cm³/mol. The van der Waals surface area contributed by atoms with E-state index in [1.165, 1.54) is 11.3 Å². The number of ether oxygens (including phenoxy) is 2. The van der Waals surface area contributed by atoms with Gasteiger partial charge in [0.15, 0.2) is 0 Å². The number of hydrogen-bond donors (Lipinski definition) is 0. The molecular weight excluding hydrogens is 376 g/mol.